The molecule has 5 heteroatoms. The Morgan fingerprint density at radius 1 is 1.40 bits per heavy atom. The summed E-state index contributed by atoms with van der Waals surface area (Å²) < 4.78 is 2.00. The summed E-state index contributed by atoms with van der Waals surface area (Å²) in [5, 5.41) is 9.06. The van der Waals surface area contributed by atoms with E-state index in [1.807, 2.05) is 29.7 Å². The van der Waals surface area contributed by atoms with Crippen molar-refractivity contribution in [1.82, 2.24) is 14.3 Å². The highest BCUT2D eigenvalue weighted by Gasteiger charge is 2.16. The lowest BCUT2D eigenvalue weighted by molar-refractivity contribution is -0.136. The van der Waals surface area contributed by atoms with Gasteiger partial charge in [0.05, 0.1) is 17.8 Å². The van der Waals surface area contributed by atoms with Crippen LogP contribution in [0.25, 0.3) is 5.65 Å². The van der Waals surface area contributed by atoms with Gasteiger partial charge in [-0.3, -0.25) is 9.69 Å². The normalized spacial score (nSPS) is 11.4. The maximum Gasteiger partial charge on any atom is 0.309 e. The van der Waals surface area contributed by atoms with Crippen molar-refractivity contribution in [1.29, 1.82) is 0 Å². The molecule has 0 aliphatic carbocycles. The van der Waals surface area contributed by atoms with E-state index in [2.05, 4.69) is 23.7 Å². The van der Waals surface area contributed by atoms with Crippen LogP contribution in [0.15, 0.2) is 18.3 Å². The number of imidazole rings is 1. The minimum absolute atomic E-state index is 0.0304. The topological polar surface area (TPSA) is 57.8 Å². The number of fused-ring (bicyclic) bond motifs is 1. The van der Waals surface area contributed by atoms with E-state index >= 15 is 0 Å². The Kier molecular flexibility index (Phi) is 4.39. The standard InChI is InChI=1S/C15H21N3O2/c1-4-17(5-2)10-13-12(9-15(19)20)16-14-8-11(3)6-7-18(13)14/h6-8H,4-5,9-10H2,1-3H3,(H,19,20). The van der Waals surface area contributed by atoms with Gasteiger partial charge in [0.1, 0.15) is 5.65 Å². The van der Waals surface area contributed by atoms with Crippen LogP contribution >= 0.6 is 0 Å². The molecule has 0 aliphatic rings. The summed E-state index contributed by atoms with van der Waals surface area (Å²) in [6, 6.07) is 4.00. The number of hydrogen-bond donors (Lipinski definition) is 1. The number of aromatic nitrogens is 2. The Morgan fingerprint density at radius 2 is 2.10 bits per heavy atom. The minimum atomic E-state index is -0.842. The highest BCUT2D eigenvalue weighted by molar-refractivity contribution is 5.70. The van der Waals surface area contributed by atoms with Crippen LogP contribution in [0, 0.1) is 6.92 Å². The summed E-state index contributed by atoms with van der Waals surface area (Å²) in [7, 11) is 0. The molecule has 108 valence electrons. The Morgan fingerprint density at radius 3 is 2.70 bits per heavy atom. The van der Waals surface area contributed by atoms with Gasteiger partial charge >= 0.3 is 5.97 Å². The van der Waals surface area contributed by atoms with E-state index in [-0.39, 0.29) is 6.42 Å². The molecule has 2 aromatic rings. The molecule has 20 heavy (non-hydrogen) atoms. The van der Waals surface area contributed by atoms with Gasteiger partial charge in [-0.1, -0.05) is 13.8 Å². The highest BCUT2D eigenvalue weighted by atomic mass is 16.4. The van der Waals surface area contributed by atoms with E-state index in [4.69, 9.17) is 5.11 Å². The molecule has 0 atom stereocenters. The molecule has 0 radical (unpaired) electrons. The number of carboxylic acids is 1. The predicted molar refractivity (Wildman–Crippen MR) is 77.9 cm³/mol. The quantitative estimate of drug-likeness (QED) is 0.877. The second-order valence-electron chi connectivity index (χ2n) is 4.97. The lowest BCUT2D eigenvalue weighted by Gasteiger charge is -2.18. The van der Waals surface area contributed by atoms with Gasteiger partial charge < -0.3 is 9.51 Å². The van der Waals surface area contributed by atoms with E-state index in [0.29, 0.717) is 5.69 Å². The number of hydrogen-bond acceptors (Lipinski definition) is 3. The molecule has 2 aromatic heterocycles. The van der Waals surface area contributed by atoms with Crippen LogP contribution in [0.4, 0.5) is 0 Å². The fourth-order valence-electron chi connectivity index (χ4n) is 2.36. The van der Waals surface area contributed by atoms with Gasteiger partial charge in [-0.2, -0.15) is 0 Å². The molecular formula is C15H21N3O2. The molecule has 2 heterocycles. The lowest BCUT2D eigenvalue weighted by atomic mass is 10.2. The predicted octanol–water partition coefficient (Wildman–Crippen LogP) is 2.11. The SMILES string of the molecule is CCN(CC)Cc1c(CC(=O)O)nc2cc(C)ccn12. The van der Waals surface area contributed by atoms with E-state index in [9.17, 15) is 4.79 Å². The van der Waals surface area contributed by atoms with Crippen molar-refractivity contribution in [2.75, 3.05) is 13.1 Å². The maximum atomic E-state index is 11.0. The van der Waals surface area contributed by atoms with Crippen LogP contribution in [0.3, 0.4) is 0 Å². The monoisotopic (exact) mass is 275 g/mol. The van der Waals surface area contributed by atoms with Gasteiger partial charge in [-0.05, 0) is 37.7 Å². The van der Waals surface area contributed by atoms with E-state index in [1.54, 1.807) is 0 Å². The third kappa shape index (κ3) is 2.99. The van der Waals surface area contributed by atoms with E-state index in [0.717, 1.165) is 36.5 Å². The number of carboxylic acid groups (broad SMARTS) is 1. The zero-order valence-corrected chi connectivity index (χ0v) is 12.3. The third-order valence-corrected chi connectivity index (χ3v) is 3.55. The van der Waals surface area contributed by atoms with Crippen molar-refractivity contribution in [3.8, 4) is 0 Å². The van der Waals surface area contributed by atoms with E-state index in [1.165, 1.54) is 0 Å². The second kappa shape index (κ2) is 6.05. The minimum Gasteiger partial charge on any atom is -0.481 e. The van der Waals surface area contributed by atoms with Crippen LogP contribution < -0.4 is 0 Å². The number of aliphatic carboxylic acids is 1. The number of aryl methyl sites for hydroxylation is 1. The fraction of sp³-hybridized carbons (Fsp3) is 0.467. The fourth-order valence-corrected chi connectivity index (χ4v) is 2.36. The van der Waals surface area contributed by atoms with Crippen molar-refractivity contribution in [3.63, 3.8) is 0 Å². The molecular weight excluding hydrogens is 254 g/mol. The van der Waals surface area contributed by atoms with Gasteiger partial charge in [-0.25, -0.2) is 4.98 Å². The average Bonchev–Trinajstić information content (AvgIpc) is 2.71. The van der Waals surface area contributed by atoms with Crippen molar-refractivity contribution >= 4 is 11.6 Å². The molecule has 0 saturated carbocycles. The van der Waals surface area contributed by atoms with Crippen LogP contribution in [0.1, 0.15) is 30.8 Å². The van der Waals surface area contributed by atoms with Crippen LogP contribution in [-0.2, 0) is 17.8 Å². The summed E-state index contributed by atoms with van der Waals surface area (Å²) >= 11 is 0. The summed E-state index contributed by atoms with van der Waals surface area (Å²) in [6.45, 7) is 8.81. The van der Waals surface area contributed by atoms with E-state index < -0.39 is 5.97 Å². The number of pyridine rings is 1. The molecule has 0 amide bonds. The summed E-state index contributed by atoms with van der Waals surface area (Å²) in [4.78, 5) is 17.8. The Balaban J connectivity index is 2.49. The number of nitrogens with zero attached hydrogens (tertiary/aromatic N) is 3. The molecule has 0 aliphatic heterocycles. The van der Waals surface area contributed by atoms with Gasteiger partial charge in [0.2, 0.25) is 0 Å². The summed E-state index contributed by atoms with van der Waals surface area (Å²) in [5.74, 6) is -0.842. The molecule has 0 saturated heterocycles. The first-order chi connectivity index (χ1) is 9.55. The van der Waals surface area contributed by atoms with Crippen molar-refractivity contribution in [3.05, 3.63) is 35.3 Å². The van der Waals surface area contributed by atoms with Crippen LogP contribution in [-0.4, -0.2) is 38.4 Å². The number of carbonyl (C=O) groups is 1. The van der Waals surface area contributed by atoms with Crippen molar-refractivity contribution < 1.29 is 9.90 Å². The molecule has 0 bridgehead atoms. The zero-order valence-electron chi connectivity index (χ0n) is 12.3. The molecule has 0 aromatic carbocycles. The maximum absolute atomic E-state index is 11.0. The third-order valence-electron chi connectivity index (χ3n) is 3.55. The molecule has 0 unspecified atom stereocenters. The Bertz CT molecular complexity index is 615. The van der Waals surface area contributed by atoms with Crippen LogP contribution in [0.5, 0.6) is 0 Å². The first-order valence-corrected chi connectivity index (χ1v) is 6.95. The van der Waals surface area contributed by atoms with Crippen LogP contribution in [0.2, 0.25) is 0 Å². The molecule has 5 nitrogen and oxygen atoms in total. The lowest BCUT2D eigenvalue weighted by Crippen LogP contribution is -2.24. The highest BCUT2D eigenvalue weighted by Crippen LogP contribution is 2.17. The smallest absolute Gasteiger partial charge is 0.309 e. The Hall–Kier alpha value is -1.88. The molecule has 1 N–H and O–H groups in total. The second-order valence-corrected chi connectivity index (χ2v) is 4.97. The molecule has 0 spiro atoms. The Labute approximate surface area is 118 Å². The van der Waals surface area contributed by atoms with Crippen molar-refractivity contribution in [2.45, 2.75) is 33.7 Å². The van der Waals surface area contributed by atoms with Gasteiger partial charge in [0.15, 0.2) is 0 Å². The first-order valence-electron chi connectivity index (χ1n) is 6.95. The zero-order chi connectivity index (χ0) is 14.7. The molecule has 2 rings (SSSR count). The summed E-state index contributed by atoms with van der Waals surface area (Å²) in [6.07, 6.45) is 1.94. The van der Waals surface area contributed by atoms with Gasteiger partial charge in [0, 0.05) is 12.7 Å². The first kappa shape index (κ1) is 14.5. The largest absolute Gasteiger partial charge is 0.481 e. The van der Waals surface area contributed by atoms with Gasteiger partial charge in [0.25, 0.3) is 0 Å². The number of rotatable bonds is 6. The average molecular weight is 275 g/mol. The molecule has 0 fully saturated rings. The van der Waals surface area contributed by atoms with Crippen molar-refractivity contribution in [2.24, 2.45) is 0 Å². The van der Waals surface area contributed by atoms with Gasteiger partial charge in [-0.15, -0.1) is 0 Å². The summed E-state index contributed by atoms with van der Waals surface area (Å²) in [5.41, 5.74) is 3.59.